The molecule has 0 aliphatic rings. The molecule has 0 saturated carbocycles. The first-order valence-corrected chi connectivity index (χ1v) is 7.39. The molecule has 7 nitrogen and oxygen atoms in total. The molecule has 20 heavy (non-hydrogen) atoms. The van der Waals surface area contributed by atoms with Crippen molar-refractivity contribution in [1.29, 1.82) is 0 Å². The number of aliphatic hydroxyl groups excluding tert-OH is 1. The average Bonchev–Trinajstić information content (AvgIpc) is 2.37. The van der Waals surface area contributed by atoms with E-state index in [1.807, 2.05) is 0 Å². The van der Waals surface area contributed by atoms with Gasteiger partial charge in [-0.1, -0.05) is 30.3 Å². The number of rotatable bonds is 5. The molecule has 0 aromatic heterocycles. The summed E-state index contributed by atoms with van der Waals surface area (Å²) in [5.41, 5.74) is 0. The number of aliphatic hydroxyl groups is 1. The summed E-state index contributed by atoms with van der Waals surface area (Å²) in [5.74, 6) is -2.59. The average molecular weight is 298 g/mol. The molecule has 0 amide bonds. The zero-order chi connectivity index (χ0) is 15.2. The monoisotopic (exact) mass is 298 g/mol. The van der Waals surface area contributed by atoms with Gasteiger partial charge in [0, 0.05) is 13.8 Å². The molecule has 0 spiro atoms. The summed E-state index contributed by atoms with van der Waals surface area (Å²) in [4.78, 5) is 33.8. The van der Waals surface area contributed by atoms with Crippen molar-refractivity contribution in [3.05, 3.63) is 30.3 Å². The first-order chi connectivity index (χ1) is 9.39. The lowest BCUT2D eigenvalue weighted by Crippen LogP contribution is -2.59. The van der Waals surface area contributed by atoms with Gasteiger partial charge in [-0.2, -0.15) is 0 Å². The number of hydrogen-bond donors (Lipinski definition) is 1. The van der Waals surface area contributed by atoms with Crippen LogP contribution in [0.15, 0.2) is 30.3 Å². The number of benzene rings is 1. The molecule has 0 aliphatic carbocycles. The van der Waals surface area contributed by atoms with Crippen molar-refractivity contribution in [1.82, 2.24) is 0 Å². The topological polar surface area (TPSA) is 99.1 Å². The lowest BCUT2D eigenvalue weighted by atomic mass is 10.4. The van der Waals surface area contributed by atoms with Crippen molar-refractivity contribution in [2.75, 3.05) is 6.61 Å². The number of hydrogen-bond acceptors (Lipinski definition) is 7. The van der Waals surface area contributed by atoms with Crippen molar-refractivity contribution in [3.63, 3.8) is 0 Å². The van der Waals surface area contributed by atoms with E-state index in [2.05, 4.69) is 0 Å². The minimum Gasteiger partial charge on any atom is -0.452 e. The Morgan fingerprint density at radius 3 is 1.90 bits per heavy atom. The predicted octanol–water partition coefficient (Wildman–Crippen LogP) is -0.506. The quantitative estimate of drug-likeness (QED) is 0.731. The molecule has 0 unspecified atom stereocenters. The Balaban J connectivity index is 3.27. The zero-order valence-electron chi connectivity index (χ0n) is 11.0. The van der Waals surface area contributed by atoms with Crippen LogP contribution in [-0.2, 0) is 27.7 Å². The highest BCUT2D eigenvalue weighted by atomic mass is 28.4. The van der Waals surface area contributed by atoms with E-state index in [9.17, 15) is 14.4 Å². The second kappa shape index (κ2) is 6.82. The summed E-state index contributed by atoms with van der Waals surface area (Å²) < 4.78 is 15.0. The molecule has 0 radical (unpaired) electrons. The molecule has 1 aromatic carbocycles. The van der Waals surface area contributed by atoms with Crippen LogP contribution in [0.25, 0.3) is 0 Å². The van der Waals surface area contributed by atoms with Crippen LogP contribution in [0.5, 0.6) is 0 Å². The highest BCUT2D eigenvalue weighted by molar-refractivity contribution is 6.79. The van der Waals surface area contributed by atoms with E-state index in [0.717, 1.165) is 13.8 Å². The van der Waals surface area contributed by atoms with Gasteiger partial charge in [0.1, 0.15) is 6.61 Å². The smallest absolute Gasteiger partial charge is 0.452 e. The van der Waals surface area contributed by atoms with E-state index >= 15 is 0 Å². The standard InChI is InChI=1S/C12H14O7Si/c1-9(14)17-20(18-10(2)15,19-12(16)8-13)11-6-4-3-5-7-11/h3-7,13H,8H2,1-2H3. The largest absolute Gasteiger partial charge is 0.742 e. The van der Waals surface area contributed by atoms with Gasteiger partial charge in [0.25, 0.3) is 11.9 Å². The summed E-state index contributed by atoms with van der Waals surface area (Å²) >= 11 is 0. The summed E-state index contributed by atoms with van der Waals surface area (Å²) in [5, 5.41) is 9.04. The van der Waals surface area contributed by atoms with E-state index < -0.39 is 33.3 Å². The molecule has 0 saturated heterocycles. The van der Waals surface area contributed by atoms with Gasteiger partial charge >= 0.3 is 14.8 Å². The van der Waals surface area contributed by atoms with Crippen LogP contribution in [0.2, 0.25) is 0 Å². The van der Waals surface area contributed by atoms with Crippen molar-refractivity contribution in [2.45, 2.75) is 13.8 Å². The van der Waals surface area contributed by atoms with Gasteiger partial charge in [0.2, 0.25) is 0 Å². The summed E-state index contributed by atoms with van der Waals surface area (Å²) in [6.45, 7) is 1.27. The van der Waals surface area contributed by atoms with Crippen LogP contribution in [0.1, 0.15) is 13.8 Å². The number of carbonyl (C=O) groups excluding carboxylic acids is 3. The molecule has 8 heteroatoms. The van der Waals surface area contributed by atoms with Gasteiger partial charge in [-0.3, -0.25) is 14.4 Å². The van der Waals surface area contributed by atoms with Crippen molar-refractivity contribution < 1.29 is 32.8 Å². The van der Waals surface area contributed by atoms with Gasteiger partial charge in [0.05, 0.1) is 5.19 Å². The summed E-state index contributed by atoms with van der Waals surface area (Å²) in [6, 6.07) is 7.91. The van der Waals surface area contributed by atoms with Gasteiger partial charge in [0.15, 0.2) is 0 Å². The first-order valence-electron chi connectivity index (χ1n) is 5.67. The third kappa shape index (κ3) is 4.18. The van der Waals surface area contributed by atoms with Crippen LogP contribution in [0.3, 0.4) is 0 Å². The molecule has 1 rings (SSSR count). The molecule has 0 atom stereocenters. The Labute approximate surface area is 116 Å². The van der Waals surface area contributed by atoms with Gasteiger partial charge < -0.3 is 18.4 Å². The van der Waals surface area contributed by atoms with E-state index in [0.29, 0.717) is 0 Å². The lowest BCUT2D eigenvalue weighted by Gasteiger charge is -2.26. The van der Waals surface area contributed by atoms with Crippen LogP contribution >= 0.6 is 0 Å². The fourth-order valence-electron chi connectivity index (χ4n) is 1.44. The van der Waals surface area contributed by atoms with Crippen molar-refractivity contribution in [3.8, 4) is 0 Å². The second-order valence-electron chi connectivity index (χ2n) is 3.74. The van der Waals surface area contributed by atoms with E-state index in [-0.39, 0.29) is 5.19 Å². The molecule has 0 bridgehead atoms. The molecule has 1 aromatic rings. The minimum atomic E-state index is -4.09. The molecule has 0 aliphatic heterocycles. The van der Waals surface area contributed by atoms with Crippen LogP contribution in [0, 0.1) is 0 Å². The SMILES string of the molecule is CC(=O)O[Si](OC(C)=O)(OC(=O)CO)c1ccccc1. The van der Waals surface area contributed by atoms with Gasteiger partial charge in [-0.25, -0.2) is 0 Å². The Hall–Kier alpha value is -2.19. The molecule has 108 valence electrons. The maximum atomic E-state index is 11.3. The minimum absolute atomic E-state index is 0.257. The Kier molecular flexibility index (Phi) is 5.41. The maximum absolute atomic E-state index is 11.3. The molecule has 1 N–H and O–H groups in total. The molecule has 0 heterocycles. The van der Waals surface area contributed by atoms with E-state index in [4.69, 9.17) is 18.4 Å². The highest BCUT2D eigenvalue weighted by Crippen LogP contribution is 2.12. The Bertz CT molecular complexity index is 484. The Morgan fingerprint density at radius 1 is 1.00 bits per heavy atom. The number of carbonyl (C=O) groups is 3. The Morgan fingerprint density at radius 2 is 1.50 bits per heavy atom. The van der Waals surface area contributed by atoms with Crippen molar-refractivity contribution in [2.24, 2.45) is 0 Å². The highest BCUT2D eigenvalue weighted by Gasteiger charge is 2.54. The lowest BCUT2D eigenvalue weighted by molar-refractivity contribution is -0.149. The van der Waals surface area contributed by atoms with E-state index in [1.54, 1.807) is 18.2 Å². The van der Waals surface area contributed by atoms with E-state index in [1.165, 1.54) is 12.1 Å². The normalized spacial score (nSPS) is 10.6. The predicted molar refractivity (Wildman–Crippen MR) is 68.5 cm³/mol. The molecular formula is C12H14O7Si. The first kappa shape index (κ1) is 15.9. The fraction of sp³-hybridized carbons (Fsp3) is 0.250. The maximum Gasteiger partial charge on any atom is 0.742 e. The van der Waals surface area contributed by atoms with Crippen molar-refractivity contribution >= 4 is 31.9 Å². The molecule has 0 fully saturated rings. The molecular weight excluding hydrogens is 284 g/mol. The second-order valence-corrected chi connectivity index (χ2v) is 6.04. The van der Waals surface area contributed by atoms with Crippen LogP contribution < -0.4 is 5.19 Å². The van der Waals surface area contributed by atoms with Gasteiger partial charge in [-0.15, -0.1) is 0 Å². The fourth-order valence-corrected chi connectivity index (χ4v) is 3.64. The zero-order valence-corrected chi connectivity index (χ0v) is 12.0. The van der Waals surface area contributed by atoms with Crippen LogP contribution in [-0.4, -0.2) is 38.4 Å². The summed E-state index contributed by atoms with van der Waals surface area (Å²) in [7, 11) is -4.09. The third-order valence-corrected chi connectivity index (χ3v) is 4.71. The third-order valence-electron chi connectivity index (χ3n) is 2.06. The summed E-state index contributed by atoms with van der Waals surface area (Å²) in [6.07, 6.45) is 0. The van der Waals surface area contributed by atoms with Gasteiger partial charge in [-0.05, 0) is 0 Å². The van der Waals surface area contributed by atoms with Crippen LogP contribution in [0.4, 0.5) is 0 Å².